The molecule has 0 aliphatic heterocycles. The summed E-state index contributed by atoms with van der Waals surface area (Å²) < 4.78 is 0. The van der Waals surface area contributed by atoms with E-state index in [0.717, 1.165) is 19.4 Å². The van der Waals surface area contributed by atoms with E-state index in [1.54, 1.807) is 0 Å². The van der Waals surface area contributed by atoms with Crippen LogP contribution in [0.5, 0.6) is 0 Å². The Morgan fingerprint density at radius 1 is 1.10 bits per heavy atom. The van der Waals surface area contributed by atoms with Gasteiger partial charge in [0.05, 0.1) is 0 Å². The summed E-state index contributed by atoms with van der Waals surface area (Å²) in [6.45, 7) is 3.10. The van der Waals surface area contributed by atoms with Gasteiger partial charge in [0.2, 0.25) is 0 Å². The highest BCUT2D eigenvalue weighted by molar-refractivity contribution is 5.47. The van der Waals surface area contributed by atoms with Crippen LogP contribution in [0.2, 0.25) is 0 Å². The van der Waals surface area contributed by atoms with Gasteiger partial charge in [-0.25, -0.2) is 0 Å². The van der Waals surface area contributed by atoms with E-state index >= 15 is 0 Å². The van der Waals surface area contributed by atoms with Crippen molar-refractivity contribution in [3.63, 3.8) is 0 Å². The third-order valence-corrected chi connectivity index (χ3v) is 3.69. The summed E-state index contributed by atoms with van der Waals surface area (Å²) in [4.78, 5) is 6.30. The molecule has 0 saturated heterocycles. The minimum Gasteiger partial charge on any atom is -0.374 e. The third kappa shape index (κ3) is 3.81. The Morgan fingerprint density at radius 3 is 2.35 bits per heavy atom. The Labute approximate surface area is 121 Å². The third-order valence-electron chi connectivity index (χ3n) is 3.69. The molecule has 1 aromatic carbocycles. The summed E-state index contributed by atoms with van der Waals surface area (Å²) in [5, 5.41) is 0. The highest BCUT2D eigenvalue weighted by Gasteiger charge is 2.05. The molecule has 0 aliphatic rings. The van der Waals surface area contributed by atoms with E-state index in [-0.39, 0.29) is 6.04 Å². The lowest BCUT2D eigenvalue weighted by atomic mass is 10.1. The maximum Gasteiger partial charge on any atom is 0.0363 e. The predicted octanol–water partition coefficient (Wildman–Crippen LogP) is 3.17. The average Bonchev–Trinajstić information content (AvgIpc) is 2.53. The number of anilines is 1. The van der Waals surface area contributed by atoms with Gasteiger partial charge in [0.25, 0.3) is 0 Å². The van der Waals surface area contributed by atoms with E-state index in [9.17, 15) is 0 Å². The van der Waals surface area contributed by atoms with E-state index in [2.05, 4.69) is 60.3 Å². The second-order valence-corrected chi connectivity index (χ2v) is 5.13. The van der Waals surface area contributed by atoms with Gasteiger partial charge < -0.3 is 10.6 Å². The smallest absolute Gasteiger partial charge is 0.0363 e. The van der Waals surface area contributed by atoms with Gasteiger partial charge in [0.15, 0.2) is 0 Å². The second-order valence-electron chi connectivity index (χ2n) is 5.13. The topological polar surface area (TPSA) is 42.1 Å². The summed E-state index contributed by atoms with van der Waals surface area (Å²) in [5.41, 5.74) is 9.79. The van der Waals surface area contributed by atoms with E-state index in [4.69, 9.17) is 5.73 Å². The SMILES string of the molecule is CCC(N)c1ccc(N(C)CCc2ccncc2)cc1. The van der Waals surface area contributed by atoms with Crippen LogP contribution in [0.1, 0.15) is 30.5 Å². The molecule has 20 heavy (non-hydrogen) atoms. The Kier molecular flexibility index (Phi) is 5.13. The van der Waals surface area contributed by atoms with Gasteiger partial charge in [-0.2, -0.15) is 0 Å². The van der Waals surface area contributed by atoms with E-state index in [1.807, 2.05) is 12.4 Å². The normalized spacial score (nSPS) is 12.2. The highest BCUT2D eigenvalue weighted by Crippen LogP contribution is 2.19. The van der Waals surface area contributed by atoms with Gasteiger partial charge in [-0.05, 0) is 48.2 Å². The zero-order chi connectivity index (χ0) is 14.4. The summed E-state index contributed by atoms with van der Waals surface area (Å²) in [6, 6.07) is 12.8. The maximum atomic E-state index is 6.04. The molecule has 3 nitrogen and oxygen atoms in total. The standard InChI is InChI=1S/C17H23N3/c1-3-17(18)15-4-6-16(7-5-15)20(2)13-10-14-8-11-19-12-9-14/h4-9,11-12,17H,3,10,13,18H2,1-2H3. The van der Waals surface area contributed by atoms with Crippen LogP contribution in [0.15, 0.2) is 48.8 Å². The fraction of sp³-hybridized carbons (Fsp3) is 0.353. The lowest BCUT2D eigenvalue weighted by Gasteiger charge is -2.20. The molecule has 1 aromatic heterocycles. The Morgan fingerprint density at radius 2 is 1.75 bits per heavy atom. The number of likely N-dealkylation sites (N-methyl/N-ethyl adjacent to an activating group) is 1. The zero-order valence-corrected chi connectivity index (χ0v) is 12.3. The number of benzene rings is 1. The molecule has 0 fully saturated rings. The van der Waals surface area contributed by atoms with E-state index in [0.29, 0.717) is 0 Å². The highest BCUT2D eigenvalue weighted by atomic mass is 15.1. The van der Waals surface area contributed by atoms with Gasteiger partial charge in [-0.15, -0.1) is 0 Å². The Balaban J connectivity index is 1.94. The quantitative estimate of drug-likeness (QED) is 0.876. The van der Waals surface area contributed by atoms with Crippen molar-refractivity contribution in [3.05, 3.63) is 59.9 Å². The second kappa shape index (κ2) is 7.06. The number of hydrogen-bond donors (Lipinski definition) is 1. The number of aromatic nitrogens is 1. The van der Waals surface area contributed by atoms with E-state index < -0.39 is 0 Å². The van der Waals surface area contributed by atoms with Crippen molar-refractivity contribution in [2.45, 2.75) is 25.8 Å². The first kappa shape index (κ1) is 14.5. The van der Waals surface area contributed by atoms with Crippen molar-refractivity contribution in [1.82, 2.24) is 4.98 Å². The average molecular weight is 269 g/mol. The number of rotatable bonds is 6. The molecule has 2 rings (SSSR count). The van der Waals surface area contributed by atoms with Crippen molar-refractivity contribution in [3.8, 4) is 0 Å². The van der Waals surface area contributed by atoms with Crippen molar-refractivity contribution in [2.75, 3.05) is 18.5 Å². The summed E-state index contributed by atoms with van der Waals surface area (Å²) >= 11 is 0. The molecule has 0 saturated carbocycles. The van der Waals surface area contributed by atoms with Crippen molar-refractivity contribution in [2.24, 2.45) is 5.73 Å². The molecule has 0 spiro atoms. The van der Waals surface area contributed by atoms with Crippen LogP contribution in [0.3, 0.4) is 0 Å². The number of pyridine rings is 1. The van der Waals surface area contributed by atoms with Gasteiger partial charge in [0, 0.05) is 37.7 Å². The first-order valence-corrected chi connectivity index (χ1v) is 7.16. The number of nitrogens with two attached hydrogens (primary N) is 1. The fourth-order valence-electron chi connectivity index (χ4n) is 2.19. The molecule has 1 heterocycles. The van der Waals surface area contributed by atoms with Crippen LogP contribution >= 0.6 is 0 Å². The maximum absolute atomic E-state index is 6.04. The van der Waals surface area contributed by atoms with Crippen molar-refractivity contribution >= 4 is 5.69 Å². The molecule has 0 aliphatic carbocycles. The van der Waals surface area contributed by atoms with Gasteiger partial charge in [0.1, 0.15) is 0 Å². The van der Waals surface area contributed by atoms with Gasteiger partial charge in [-0.3, -0.25) is 4.98 Å². The minimum atomic E-state index is 0.145. The van der Waals surface area contributed by atoms with Crippen LogP contribution in [0.25, 0.3) is 0 Å². The molecule has 1 unspecified atom stereocenters. The summed E-state index contributed by atoms with van der Waals surface area (Å²) in [5.74, 6) is 0. The van der Waals surface area contributed by atoms with Crippen molar-refractivity contribution < 1.29 is 0 Å². The van der Waals surface area contributed by atoms with Crippen LogP contribution in [-0.4, -0.2) is 18.6 Å². The first-order valence-electron chi connectivity index (χ1n) is 7.16. The lowest BCUT2D eigenvalue weighted by molar-refractivity contribution is 0.698. The lowest BCUT2D eigenvalue weighted by Crippen LogP contribution is -2.20. The van der Waals surface area contributed by atoms with Gasteiger partial charge in [-0.1, -0.05) is 19.1 Å². The molecular formula is C17H23N3. The predicted molar refractivity (Wildman–Crippen MR) is 84.9 cm³/mol. The van der Waals surface area contributed by atoms with Crippen molar-refractivity contribution in [1.29, 1.82) is 0 Å². The van der Waals surface area contributed by atoms with Crippen LogP contribution in [0.4, 0.5) is 5.69 Å². The number of nitrogens with zero attached hydrogens (tertiary/aromatic N) is 2. The molecule has 3 heteroatoms. The van der Waals surface area contributed by atoms with Crippen LogP contribution in [-0.2, 0) is 6.42 Å². The monoisotopic (exact) mass is 269 g/mol. The van der Waals surface area contributed by atoms with Gasteiger partial charge >= 0.3 is 0 Å². The summed E-state index contributed by atoms with van der Waals surface area (Å²) in [7, 11) is 2.12. The number of hydrogen-bond acceptors (Lipinski definition) is 3. The fourth-order valence-corrected chi connectivity index (χ4v) is 2.19. The van der Waals surface area contributed by atoms with Crippen LogP contribution < -0.4 is 10.6 Å². The van der Waals surface area contributed by atoms with Crippen LogP contribution in [0, 0.1) is 0 Å². The summed E-state index contributed by atoms with van der Waals surface area (Å²) in [6.07, 6.45) is 5.68. The molecule has 0 amide bonds. The zero-order valence-electron chi connectivity index (χ0n) is 12.3. The first-order chi connectivity index (χ1) is 9.70. The van der Waals surface area contributed by atoms with E-state index in [1.165, 1.54) is 16.8 Å². The largest absolute Gasteiger partial charge is 0.374 e. The Hall–Kier alpha value is -1.87. The molecule has 106 valence electrons. The Bertz CT molecular complexity index is 508. The molecular weight excluding hydrogens is 246 g/mol. The molecule has 0 radical (unpaired) electrons. The molecule has 2 N–H and O–H groups in total. The molecule has 0 bridgehead atoms. The molecule has 1 atom stereocenters. The molecule has 2 aromatic rings. The minimum absolute atomic E-state index is 0.145.